The predicted octanol–water partition coefficient (Wildman–Crippen LogP) is 5.21. The van der Waals surface area contributed by atoms with Crippen molar-refractivity contribution in [1.29, 1.82) is 5.26 Å². The molecule has 0 saturated carbocycles. The summed E-state index contributed by atoms with van der Waals surface area (Å²) >= 11 is 0. The molecule has 19 heteroatoms. The highest BCUT2D eigenvalue weighted by atomic mass is 19.1. The number of likely N-dealkylation sites (tertiary alicyclic amines) is 1. The molecule has 3 amide bonds. The summed E-state index contributed by atoms with van der Waals surface area (Å²) in [6, 6.07) is 12.2. The van der Waals surface area contributed by atoms with E-state index in [0.717, 1.165) is 55.1 Å². The maximum Gasteiger partial charge on any atom is 0.249 e. The molecule has 0 aliphatic carbocycles. The summed E-state index contributed by atoms with van der Waals surface area (Å²) in [5.41, 5.74) is 3.36. The van der Waals surface area contributed by atoms with Crippen molar-refractivity contribution in [2.45, 2.75) is 94.2 Å². The third-order valence-electron chi connectivity index (χ3n) is 14.5. The molecule has 1 atom stereocenters. The average molecular weight is 921 g/mol. The van der Waals surface area contributed by atoms with Gasteiger partial charge in [0.2, 0.25) is 17.7 Å². The highest BCUT2D eigenvalue weighted by Crippen LogP contribution is 2.39. The molecule has 1 unspecified atom stereocenters. The number of hydrogen-bond acceptors (Lipinski definition) is 14. The van der Waals surface area contributed by atoms with Crippen molar-refractivity contribution in [3.05, 3.63) is 97.0 Å². The molecule has 350 valence electrons. The van der Waals surface area contributed by atoms with Gasteiger partial charge in [-0.2, -0.15) is 15.5 Å². The van der Waals surface area contributed by atoms with Gasteiger partial charge >= 0.3 is 0 Å². The van der Waals surface area contributed by atoms with E-state index in [1.54, 1.807) is 35.2 Å². The first-order valence-corrected chi connectivity index (χ1v) is 23.5. The third kappa shape index (κ3) is 8.83. The van der Waals surface area contributed by atoms with E-state index in [-0.39, 0.29) is 36.1 Å². The van der Waals surface area contributed by atoms with Gasteiger partial charge in [0.25, 0.3) is 0 Å². The van der Waals surface area contributed by atoms with Crippen LogP contribution >= 0.6 is 0 Å². The second kappa shape index (κ2) is 18.4. The van der Waals surface area contributed by atoms with Gasteiger partial charge in [0.15, 0.2) is 0 Å². The molecule has 1 aromatic carbocycles. The van der Waals surface area contributed by atoms with Crippen molar-refractivity contribution >= 4 is 40.4 Å². The minimum absolute atomic E-state index is 0.00712. The molecule has 0 spiro atoms. The average Bonchev–Trinajstić information content (AvgIpc) is 4.04. The number of piperidine rings is 4. The van der Waals surface area contributed by atoms with Crippen LogP contribution in [0.3, 0.4) is 0 Å². The van der Waals surface area contributed by atoms with Crippen LogP contribution in [-0.2, 0) is 19.8 Å². The van der Waals surface area contributed by atoms with Crippen molar-refractivity contribution in [3.63, 3.8) is 0 Å². The summed E-state index contributed by atoms with van der Waals surface area (Å²) in [6.45, 7) is 5.66. The Hall–Kier alpha value is -7.33. The Morgan fingerprint density at radius 2 is 1.68 bits per heavy atom. The second-order valence-corrected chi connectivity index (χ2v) is 18.6. The van der Waals surface area contributed by atoms with Crippen LogP contribution in [0.1, 0.15) is 88.6 Å². The predicted molar refractivity (Wildman–Crippen MR) is 250 cm³/mol. The second-order valence-electron chi connectivity index (χ2n) is 18.6. The topological polar surface area (TPSA) is 216 Å². The Labute approximate surface area is 392 Å². The zero-order valence-electron chi connectivity index (χ0n) is 37.9. The number of aliphatic hydroxyl groups is 1. The third-order valence-corrected chi connectivity index (χ3v) is 14.5. The number of carbonyl (C=O) groups excluding carboxylic acids is 3. The Morgan fingerprint density at radius 3 is 2.37 bits per heavy atom. The molecule has 4 aliphatic heterocycles. The minimum Gasteiger partial charge on any atom is -0.389 e. The van der Waals surface area contributed by atoms with Gasteiger partial charge in [0.05, 0.1) is 53.7 Å². The number of aromatic nitrogens is 8. The molecule has 0 bridgehead atoms. The number of nitriles is 1. The monoisotopic (exact) mass is 920 g/mol. The van der Waals surface area contributed by atoms with E-state index in [1.165, 1.54) is 6.07 Å². The molecule has 9 heterocycles. The smallest absolute Gasteiger partial charge is 0.249 e. The van der Waals surface area contributed by atoms with Gasteiger partial charge in [0.1, 0.15) is 40.7 Å². The number of benzene rings is 1. The van der Waals surface area contributed by atoms with Crippen LogP contribution in [-0.4, -0.2) is 118 Å². The Kier molecular flexibility index (Phi) is 12.0. The van der Waals surface area contributed by atoms with E-state index in [2.05, 4.69) is 43.6 Å². The number of carbonyl (C=O) groups is 3. The van der Waals surface area contributed by atoms with E-state index >= 15 is 4.39 Å². The van der Waals surface area contributed by atoms with Crippen LogP contribution in [0.5, 0.6) is 0 Å². The number of fused-ring (bicyclic) bond motifs is 1. The molecule has 5 aromatic heterocycles. The highest BCUT2D eigenvalue weighted by Gasteiger charge is 2.39. The summed E-state index contributed by atoms with van der Waals surface area (Å²) in [7, 11) is 0. The lowest BCUT2D eigenvalue weighted by Crippen LogP contribution is -2.49. The normalized spacial score (nSPS) is 19.7. The van der Waals surface area contributed by atoms with Gasteiger partial charge in [-0.05, 0) is 87.8 Å². The van der Waals surface area contributed by atoms with Crippen molar-refractivity contribution in [1.82, 2.24) is 49.5 Å². The van der Waals surface area contributed by atoms with Crippen LogP contribution < -0.4 is 20.4 Å². The fraction of sp³-hybridized carbons (Fsp3) is 0.429. The Bertz CT molecular complexity index is 2870. The first-order valence-electron chi connectivity index (χ1n) is 23.5. The zero-order chi connectivity index (χ0) is 47.0. The van der Waals surface area contributed by atoms with Gasteiger partial charge in [-0.3, -0.25) is 24.4 Å². The Balaban J connectivity index is 0.747. The highest BCUT2D eigenvalue weighted by molar-refractivity contribution is 6.01. The summed E-state index contributed by atoms with van der Waals surface area (Å²) < 4.78 is 18.9. The fourth-order valence-corrected chi connectivity index (χ4v) is 10.3. The summed E-state index contributed by atoms with van der Waals surface area (Å²) in [5.74, 6) is 0.473. The minimum atomic E-state index is -1.20. The van der Waals surface area contributed by atoms with E-state index in [9.17, 15) is 24.8 Å². The van der Waals surface area contributed by atoms with Crippen LogP contribution in [0.4, 0.5) is 21.6 Å². The first-order chi connectivity index (χ1) is 33.0. The molecule has 6 aromatic rings. The van der Waals surface area contributed by atoms with Gasteiger partial charge in [0, 0.05) is 92.7 Å². The first kappa shape index (κ1) is 44.5. The number of rotatable bonds is 11. The standard InChI is InChI=1S/C49H53FN14O4/c1-2-48(47-52-16-3-17-53-47)12-20-61(21-13-48)41-8-4-32(27-54-41)44-45-33(26-51)28-56-64(45)31-39(58-44)34-29-55-63(30-34)36-10-18-62(19-11-36)43(66)25-49(68)14-22-60(23-15-49)40-7-5-35(24-37(40)50)57-38-6-9-42(65)59-46(38)67/h3-5,7-8,16-17,24,27-31,36,38,57,68H,2,6,9-15,18-23,25H2,1H3,(H,59,65,67). The van der Waals surface area contributed by atoms with Crippen LogP contribution in [0.25, 0.3) is 28.0 Å². The molecule has 3 N–H and O–H groups in total. The number of halogens is 1. The molecule has 4 saturated heterocycles. The summed E-state index contributed by atoms with van der Waals surface area (Å²) in [4.78, 5) is 62.4. The number of amides is 3. The molecule has 0 radical (unpaired) electrons. The SMILES string of the molecule is CCC1(c2ncccn2)CCN(c2ccc(-c3nc(-c4cnn(C5CCN(C(=O)CC6(O)CCN(c7ccc(NC8CCC(=O)NC8=O)cc7F)CC6)CC5)c4)cn4ncc(C#N)c34)cn2)CC1. The molecule has 4 fully saturated rings. The van der Waals surface area contributed by atoms with Crippen LogP contribution in [0.2, 0.25) is 0 Å². The van der Waals surface area contributed by atoms with Gasteiger partial charge < -0.3 is 25.1 Å². The van der Waals surface area contributed by atoms with Crippen molar-refractivity contribution in [2.24, 2.45) is 0 Å². The number of imide groups is 1. The number of anilines is 3. The molecule has 10 rings (SSSR count). The summed E-state index contributed by atoms with van der Waals surface area (Å²) in [6.07, 6.45) is 17.9. The van der Waals surface area contributed by atoms with Gasteiger partial charge in [-0.25, -0.2) is 28.8 Å². The quantitative estimate of drug-likeness (QED) is 0.142. The fourth-order valence-electron chi connectivity index (χ4n) is 10.3. The van der Waals surface area contributed by atoms with E-state index in [0.29, 0.717) is 92.1 Å². The zero-order valence-corrected chi connectivity index (χ0v) is 37.9. The number of hydrogen-bond donors (Lipinski definition) is 3. The Morgan fingerprint density at radius 1 is 0.912 bits per heavy atom. The number of nitrogens with one attached hydrogen (secondary N) is 2. The van der Waals surface area contributed by atoms with E-state index in [4.69, 9.17) is 15.1 Å². The largest absolute Gasteiger partial charge is 0.389 e. The number of pyridine rings is 1. The van der Waals surface area contributed by atoms with Crippen molar-refractivity contribution < 1.29 is 23.9 Å². The van der Waals surface area contributed by atoms with E-state index < -0.39 is 23.4 Å². The van der Waals surface area contributed by atoms with Crippen molar-refractivity contribution in [3.8, 4) is 28.6 Å². The molecular formula is C49H53FN14O4. The molecule has 68 heavy (non-hydrogen) atoms. The maximum atomic E-state index is 15.3. The molecule has 18 nitrogen and oxygen atoms in total. The lowest BCUT2D eigenvalue weighted by Gasteiger charge is -2.40. The van der Waals surface area contributed by atoms with Gasteiger partial charge in [-0.1, -0.05) is 6.92 Å². The molecule has 4 aliphatic rings. The van der Waals surface area contributed by atoms with Crippen LogP contribution in [0.15, 0.2) is 79.8 Å². The maximum absolute atomic E-state index is 15.3. The van der Waals surface area contributed by atoms with Crippen LogP contribution in [0, 0.1) is 17.1 Å². The molecular weight excluding hydrogens is 868 g/mol. The van der Waals surface area contributed by atoms with E-state index in [1.807, 2.05) is 57.5 Å². The van der Waals surface area contributed by atoms with Gasteiger partial charge in [-0.15, -0.1) is 0 Å². The lowest BCUT2D eigenvalue weighted by molar-refractivity contribution is -0.139. The van der Waals surface area contributed by atoms with Crippen molar-refractivity contribution in [2.75, 3.05) is 54.4 Å². The summed E-state index contributed by atoms with van der Waals surface area (Å²) in [5, 5.41) is 36.1. The number of nitrogens with zero attached hydrogens (tertiary/aromatic N) is 12. The lowest BCUT2D eigenvalue weighted by atomic mass is 9.75.